The second-order valence-electron chi connectivity index (χ2n) is 7.44. The molecule has 1 aliphatic rings. The molecule has 0 aromatic carbocycles. The maximum Gasteiger partial charge on any atom is 0.490 e. The number of aryl methyl sites for hydroxylation is 1. The van der Waals surface area contributed by atoms with Gasteiger partial charge in [0.25, 0.3) is 5.56 Å². The Bertz CT molecular complexity index is 1250. The van der Waals surface area contributed by atoms with Crippen LogP contribution in [0.15, 0.2) is 38.6 Å². The Morgan fingerprint density at radius 1 is 1.26 bits per heavy atom. The summed E-state index contributed by atoms with van der Waals surface area (Å²) in [5, 5.41) is 0. The number of nitrogens with zero attached hydrogens (tertiary/aromatic N) is 2. The maximum atomic E-state index is 13.1. The van der Waals surface area contributed by atoms with Gasteiger partial charge in [-0.05, 0) is 19.1 Å². The number of halogens is 3. The molecule has 0 saturated carbocycles. The van der Waals surface area contributed by atoms with Gasteiger partial charge in [0.05, 0.1) is 12.4 Å². The van der Waals surface area contributed by atoms with Crippen molar-refractivity contribution in [3.05, 3.63) is 56.8 Å². The number of hydrogen-bond donors (Lipinski definition) is 0. The maximum absolute atomic E-state index is 13.1. The summed E-state index contributed by atoms with van der Waals surface area (Å²) in [6, 6.07) is 2.68. The Morgan fingerprint density at radius 3 is 2.63 bits per heavy atom. The first-order chi connectivity index (χ1) is 16.5. The minimum Gasteiger partial charge on any atom is -0.459 e. The number of aromatic nitrogens is 2. The van der Waals surface area contributed by atoms with Crippen LogP contribution in [0.4, 0.5) is 13.2 Å². The average Bonchev–Trinajstić information content (AvgIpc) is 3.47. The van der Waals surface area contributed by atoms with E-state index in [1.54, 1.807) is 0 Å². The summed E-state index contributed by atoms with van der Waals surface area (Å²) in [6.45, 7) is 2.30. The van der Waals surface area contributed by atoms with Crippen LogP contribution in [0.3, 0.4) is 0 Å². The van der Waals surface area contributed by atoms with E-state index in [9.17, 15) is 32.3 Å². The van der Waals surface area contributed by atoms with Crippen molar-refractivity contribution < 1.29 is 41.4 Å². The van der Waals surface area contributed by atoms with E-state index in [0.29, 0.717) is 11.0 Å². The molecule has 0 amide bonds. The van der Waals surface area contributed by atoms with E-state index in [0.717, 1.165) is 4.57 Å². The first-order valence-electron chi connectivity index (χ1n) is 10.4. The standard InChI is InChI=1S/C22H21F3N2O8/c1-3-4-5-8-33-15-10-17(35-16(15)12-34-20(30)22(23,24)25)26-11-13(2)18(28)27(21(26)31)19(29)14-7-6-9-32-14/h6-7,9,11,15-17H,3,8,10,12H2,1-2H3/t15-,16+,17+/m0/s1. The van der Waals surface area contributed by atoms with Gasteiger partial charge in [-0.1, -0.05) is 12.8 Å². The fourth-order valence-corrected chi connectivity index (χ4v) is 3.35. The van der Waals surface area contributed by atoms with Crippen molar-refractivity contribution in [2.24, 2.45) is 0 Å². The van der Waals surface area contributed by atoms with Gasteiger partial charge < -0.3 is 18.6 Å². The highest BCUT2D eigenvalue weighted by Crippen LogP contribution is 2.31. The molecule has 1 fully saturated rings. The Balaban J connectivity index is 1.90. The lowest BCUT2D eigenvalue weighted by molar-refractivity contribution is -0.204. The number of furan rings is 1. The molecule has 3 atom stereocenters. The van der Waals surface area contributed by atoms with Gasteiger partial charge in [0.2, 0.25) is 0 Å². The fourth-order valence-electron chi connectivity index (χ4n) is 3.35. The Labute approximate surface area is 196 Å². The molecule has 1 saturated heterocycles. The van der Waals surface area contributed by atoms with Crippen molar-refractivity contribution in [3.63, 3.8) is 0 Å². The summed E-state index contributed by atoms with van der Waals surface area (Å²) in [5.41, 5.74) is -1.90. The molecule has 0 unspecified atom stereocenters. The number of esters is 1. The normalized spacial score (nSPS) is 19.7. The summed E-state index contributed by atoms with van der Waals surface area (Å²) in [7, 11) is 0. The number of rotatable bonds is 6. The van der Waals surface area contributed by atoms with E-state index in [1.165, 1.54) is 31.5 Å². The Hall–Kier alpha value is -3.63. The number of carbonyl (C=O) groups is 2. The van der Waals surface area contributed by atoms with Crippen molar-refractivity contribution in [2.45, 2.75) is 51.3 Å². The average molecular weight is 498 g/mol. The van der Waals surface area contributed by atoms with Crippen LogP contribution in [0, 0.1) is 18.8 Å². The van der Waals surface area contributed by atoms with Crippen LogP contribution in [0.5, 0.6) is 0 Å². The van der Waals surface area contributed by atoms with Gasteiger partial charge in [-0.25, -0.2) is 9.59 Å². The van der Waals surface area contributed by atoms with Crippen LogP contribution >= 0.6 is 0 Å². The zero-order valence-electron chi connectivity index (χ0n) is 18.7. The molecule has 13 heteroatoms. The van der Waals surface area contributed by atoms with E-state index in [1.807, 2.05) is 6.92 Å². The van der Waals surface area contributed by atoms with E-state index in [2.05, 4.69) is 16.6 Å². The van der Waals surface area contributed by atoms with E-state index < -0.39 is 54.3 Å². The SMILES string of the molecule is CCC#CCO[C@H]1C[C@H](n2cc(C)c(=O)n(C(=O)c3ccco3)c2=O)O[C@@H]1COC(=O)C(F)(F)F. The highest BCUT2D eigenvalue weighted by Gasteiger charge is 2.44. The molecule has 10 nitrogen and oxygen atoms in total. The number of alkyl halides is 3. The molecule has 0 radical (unpaired) electrons. The number of carbonyl (C=O) groups excluding carboxylic acids is 2. The highest BCUT2D eigenvalue weighted by molar-refractivity contribution is 5.93. The van der Waals surface area contributed by atoms with Gasteiger partial charge in [-0.15, -0.1) is 5.92 Å². The van der Waals surface area contributed by atoms with Gasteiger partial charge in [0.1, 0.15) is 25.5 Å². The molecule has 3 heterocycles. The topological polar surface area (TPSA) is 119 Å². The molecule has 0 spiro atoms. The van der Waals surface area contributed by atoms with Crippen LogP contribution in [-0.2, 0) is 19.0 Å². The Morgan fingerprint density at radius 2 is 2.00 bits per heavy atom. The molecule has 2 aromatic heterocycles. The summed E-state index contributed by atoms with van der Waals surface area (Å²) in [5.74, 6) is 1.82. The van der Waals surface area contributed by atoms with Gasteiger partial charge in [0.15, 0.2) is 5.76 Å². The van der Waals surface area contributed by atoms with Crippen LogP contribution in [-0.4, -0.2) is 52.6 Å². The second kappa shape index (κ2) is 10.7. The zero-order chi connectivity index (χ0) is 25.8. The molecular weight excluding hydrogens is 477 g/mol. The summed E-state index contributed by atoms with van der Waals surface area (Å²) < 4.78 is 59.5. The van der Waals surface area contributed by atoms with Gasteiger partial charge >= 0.3 is 23.7 Å². The van der Waals surface area contributed by atoms with Crippen LogP contribution < -0.4 is 11.2 Å². The smallest absolute Gasteiger partial charge is 0.459 e. The first kappa shape index (κ1) is 26.0. The van der Waals surface area contributed by atoms with Gasteiger partial charge in [-0.2, -0.15) is 17.7 Å². The summed E-state index contributed by atoms with van der Waals surface area (Å²) in [4.78, 5) is 49.4. The predicted octanol–water partition coefficient (Wildman–Crippen LogP) is 1.79. The molecule has 35 heavy (non-hydrogen) atoms. The number of hydrogen-bond acceptors (Lipinski definition) is 8. The zero-order valence-corrected chi connectivity index (χ0v) is 18.7. The van der Waals surface area contributed by atoms with Crippen LogP contribution in [0.1, 0.15) is 42.1 Å². The lowest BCUT2D eigenvalue weighted by atomic mass is 10.2. The number of ether oxygens (including phenoxy) is 3. The molecule has 0 aliphatic carbocycles. The van der Waals surface area contributed by atoms with E-state index in [-0.39, 0.29) is 24.4 Å². The predicted molar refractivity (Wildman–Crippen MR) is 111 cm³/mol. The van der Waals surface area contributed by atoms with Crippen LogP contribution in [0.25, 0.3) is 0 Å². The minimum absolute atomic E-state index is 0.0198. The molecule has 1 aliphatic heterocycles. The molecular formula is C22H21F3N2O8. The minimum atomic E-state index is -5.20. The Kier molecular flexibility index (Phi) is 7.98. The third-order valence-electron chi connectivity index (χ3n) is 4.99. The third kappa shape index (κ3) is 5.90. The second-order valence-corrected chi connectivity index (χ2v) is 7.44. The van der Waals surface area contributed by atoms with Gasteiger partial charge in [-0.3, -0.25) is 14.2 Å². The van der Waals surface area contributed by atoms with Crippen molar-refractivity contribution >= 4 is 11.9 Å². The molecule has 0 N–H and O–H groups in total. The van der Waals surface area contributed by atoms with Crippen molar-refractivity contribution in [2.75, 3.05) is 13.2 Å². The molecule has 2 aromatic rings. The monoisotopic (exact) mass is 498 g/mol. The van der Waals surface area contributed by atoms with Gasteiger partial charge in [0, 0.05) is 24.6 Å². The lowest BCUT2D eigenvalue weighted by Gasteiger charge is -2.19. The first-order valence-corrected chi connectivity index (χ1v) is 10.4. The lowest BCUT2D eigenvalue weighted by Crippen LogP contribution is -2.45. The molecule has 3 rings (SSSR count). The summed E-state index contributed by atoms with van der Waals surface area (Å²) >= 11 is 0. The van der Waals surface area contributed by atoms with Crippen LogP contribution in [0.2, 0.25) is 0 Å². The molecule has 188 valence electrons. The molecule has 0 bridgehead atoms. The highest BCUT2D eigenvalue weighted by atomic mass is 19.4. The summed E-state index contributed by atoms with van der Waals surface area (Å²) in [6.07, 6.45) is -5.56. The van der Waals surface area contributed by atoms with E-state index >= 15 is 0 Å². The van der Waals surface area contributed by atoms with E-state index in [4.69, 9.17) is 13.9 Å². The quantitative estimate of drug-likeness (QED) is 0.437. The third-order valence-corrected chi connectivity index (χ3v) is 4.99. The van der Waals surface area contributed by atoms with Crippen molar-refractivity contribution in [1.82, 2.24) is 9.13 Å². The van der Waals surface area contributed by atoms with Crippen molar-refractivity contribution in [1.29, 1.82) is 0 Å². The van der Waals surface area contributed by atoms with Crippen molar-refractivity contribution in [3.8, 4) is 11.8 Å². The fraction of sp³-hybridized carbons (Fsp3) is 0.455. The largest absolute Gasteiger partial charge is 0.490 e.